The van der Waals surface area contributed by atoms with Crippen molar-refractivity contribution in [1.82, 2.24) is 0 Å². The van der Waals surface area contributed by atoms with Crippen LogP contribution in [0, 0.1) is 5.82 Å². The van der Waals surface area contributed by atoms with E-state index in [9.17, 15) is 4.39 Å². The summed E-state index contributed by atoms with van der Waals surface area (Å²) in [5, 5.41) is 0. The van der Waals surface area contributed by atoms with E-state index in [1.165, 1.54) is 5.56 Å². The standard InChI is InChI=1S/C24H32FN3/c1-7-12-28-23-14-22(25)18(13-21(23)17(2)15-24(28,3)4)16-26-19-8-10-20(11-9-19)27(5)6/h8-11,13-14,16-17H,7,12,15H2,1-6H3. The van der Waals surface area contributed by atoms with E-state index in [1.807, 2.05) is 49.3 Å². The fourth-order valence-corrected chi connectivity index (χ4v) is 4.25. The van der Waals surface area contributed by atoms with Gasteiger partial charge < -0.3 is 9.80 Å². The second-order valence-corrected chi connectivity index (χ2v) is 8.67. The van der Waals surface area contributed by atoms with Crippen molar-refractivity contribution >= 4 is 23.3 Å². The molecule has 0 aliphatic carbocycles. The Morgan fingerprint density at radius 2 is 1.89 bits per heavy atom. The highest BCUT2D eigenvalue weighted by atomic mass is 19.1. The van der Waals surface area contributed by atoms with E-state index in [0.29, 0.717) is 11.5 Å². The minimum absolute atomic E-state index is 0.0403. The number of fused-ring (bicyclic) bond motifs is 1. The van der Waals surface area contributed by atoms with Gasteiger partial charge in [-0.1, -0.05) is 13.8 Å². The summed E-state index contributed by atoms with van der Waals surface area (Å²) in [4.78, 5) is 8.91. The lowest BCUT2D eigenvalue weighted by Gasteiger charge is -2.47. The molecule has 0 amide bonds. The first-order valence-electron chi connectivity index (χ1n) is 10.2. The SMILES string of the molecule is CCCN1c2cc(F)c(C=Nc3ccc(N(C)C)cc3)cc2C(C)CC1(C)C. The zero-order valence-corrected chi connectivity index (χ0v) is 18.0. The average molecular weight is 382 g/mol. The molecule has 1 unspecified atom stereocenters. The first-order valence-corrected chi connectivity index (χ1v) is 10.2. The van der Waals surface area contributed by atoms with Crippen LogP contribution in [0.1, 0.15) is 57.6 Å². The van der Waals surface area contributed by atoms with Gasteiger partial charge >= 0.3 is 0 Å². The quantitative estimate of drug-likeness (QED) is 0.579. The second kappa shape index (κ2) is 7.94. The third-order valence-corrected chi connectivity index (χ3v) is 5.67. The Kier molecular flexibility index (Phi) is 5.78. The number of nitrogens with zero attached hydrogens (tertiary/aromatic N) is 3. The van der Waals surface area contributed by atoms with Crippen molar-refractivity contribution in [2.45, 2.75) is 52.0 Å². The van der Waals surface area contributed by atoms with E-state index in [2.05, 4.69) is 37.6 Å². The van der Waals surface area contributed by atoms with Gasteiger partial charge in [0.2, 0.25) is 0 Å². The van der Waals surface area contributed by atoms with Crippen LogP contribution in [0.4, 0.5) is 21.5 Å². The fraction of sp³-hybridized carbons (Fsp3) is 0.458. The molecule has 28 heavy (non-hydrogen) atoms. The minimum atomic E-state index is -0.210. The Bertz CT molecular complexity index is 853. The predicted octanol–water partition coefficient (Wildman–Crippen LogP) is 6.14. The molecule has 1 atom stereocenters. The Hall–Kier alpha value is -2.36. The normalized spacial score (nSPS) is 18.4. The van der Waals surface area contributed by atoms with Crippen LogP contribution < -0.4 is 9.80 Å². The van der Waals surface area contributed by atoms with Crippen LogP contribution in [0.3, 0.4) is 0 Å². The van der Waals surface area contributed by atoms with Crippen molar-refractivity contribution in [3.05, 3.63) is 53.3 Å². The number of rotatable bonds is 5. The van der Waals surface area contributed by atoms with Gasteiger partial charge in [0.1, 0.15) is 5.82 Å². The molecule has 2 aromatic carbocycles. The highest BCUT2D eigenvalue weighted by Gasteiger charge is 2.36. The Labute approximate surface area is 168 Å². The molecule has 0 N–H and O–H groups in total. The maximum absolute atomic E-state index is 14.9. The highest BCUT2D eigenvalue weighted by molar-refractivity contribution is 5.84. The van der Waals surface area contributed by atoms with Crippen molar-refractivity contribution in [2.24, 2.45) is 4.99 Å². The number of benzene rings is 2. The van der Waals surface area contributed by atoms with Gasteiger partial charge in [0.15, 0.2) is 0 Å². The van der Waals surface area contributed by atoms with E-state index < -0.39 is 0 Å². The molecule has 0 fully saturated rings. The Morgan fingerprint density at radius 1 is 1.21 bits per heavy atom. The molecular weight excluding hydrogens is 349 g/mol. The summed E-state index contributed by atoms with van der Waals surface area (Å²) in [5.41, 5.74) is 4.79. The van der Waals surface area contributed by atoms with Crippen molar-refractivity contribution < 1.29 is 4.39 Å². The monoisotopic (exact) mass is 381 g/mol. The van der Waals surface area contributed by atoms with Gasteiger partial charge in [-0.05, 0) is 74.6 Å². The van der Waals surface area contributed by atoms with Crippen molar-refractivity contribution in [3.63, 3.8) is 0 Å². The van der Waals surface area contributed by atoms with E-state index in [4.69, 9.17) is 0 Å². The maximum atomic E-state index is 14.9. The van der Waals surface area contributed by atoms with E-state index >= 15 is 0 Å². The molecule has 1 aliphatic heterocycles. The summed E-state index contributed by atoms with van der Waals surface area (Å²) in [7, 11) is 4.01. The number of hydrogen-bond donors (Lipinski definition) is 0. The maximum Gasteiger partial charge on any atom is 0.134 e. The topological polar surface area (TPSA) is 18.8 Å². The molecule has 4 heteroatoms. The Balaban J connectivity index is 1.93. The van der Waals surface area contributed by atoms with E-state index in [0.717, 1.165) is 36.4 Å². The molecule has 0 bridgehead atoms. The molecule has 0 aromatic heterocycles. The molecule has 3 nitrogen and oxygen atoms in total. The highest BCUT2D eigenvalue weighted by Crippen LogP contribution is 2.44. The lowest BCUT2D eigenvalue weighted by molar-refractivity contribution is 0.375. The van der Waals surface area contributed by atoms with Crippen LogP contribution in [-0.4, -0.2) is 32.4 Å². The molecule has 1 heterocycles. The van der Waals surface area contributed by atoms with Crippen LogP contribution in [0.25, 0.3) is 0 Å². The van der Waals surface area contributed by atoms with Gasteiger partial charge in [-0.15, -0.1) is 0 Å². The van der Waals surface area contributed by atoms with Crippen molar-refractivity contribution in [3.8, 4) is 0 Å². The third kappa shape index (κ3) is 4.06. The molecule has 0 saturated carbocycles. The molecule has 150 valence electrons. The minimum Gasteiger partial charge on any atom is -0.378 e. The molecule has 3 rings (SSSR count). The van der Waals surface area contributed by atoms with Gasteiger partial charge in [0.25, 0.3) is 0 Å². The zero-order chi connectivity index (χ0) is 20.5. The molecular formula is C24H32FN3. The molecule has 2 aromatic rings. The van der Waals surface area contributed by atoms with E-state index in [1.54, 1.807) is 12.3 Å². The van der Waals surface area contributed by atoms with Crippen LogP contribution in [0.5, 0.6) is 0 Å². The first kappa shape index (κ1) is 20.4. The summed E-state index contributed by atoms with van der Waals surface area (Å²) in [6, 6.07) is 11.6. The molecule has 0 spiro atoms. The summed E-state index contributed by atoms with van der Waals surface area (Å²) in [6.07, 6.45) is 3.76. The lowest BCUT2D eigenvalue weighted by atomic mass is 9.79. The van der Waals surface area contributed by atoms with E-state index in [-0.39, 0.29) is 11.4 Å². The number of anilines is 2. The van der Waals surface area contributed by atoms with Crippen molar-refractivity contribution in [2.75, 3.05) is 30.4 Å². The lowest BCUT2D eigenvalue weighted by Crippen LogP contribution is -2.48. The van der Waals surface area contributed by atoms with Gasteiger partial charge in [-0.2, -0.15) is 0 Å². The number of aliphatic imine (C=N–C) groups is 1. The van der Waals surface area contributed by atoms with Crippen LogP contribution in [0.2, 0.25) is 0 Å². The van der Waals surface area contributed by atoms with Crippen LogP contribution in [0.15, 0.2) is 41.4 Å². The van der Waals surface area contributed by atoms with Gasteiger partial charge in [-0.3, -0.25) is 4.99 Å². The summed E-state index contributed by atoms with van der Waals surface area (Å²) >= 11 is 0. The van der Waals surface area contributed by atoms with Gasteiger partial charge in [0.05, 0.1) is 5.69 Å². The summed E-state index contributed by atoms with van der Waals surface area (Å²) in [6.45, 7) is 9.87. The number of halogens is 1. The van der Waals surface area contributed by atoms with Gasteiger partial charge in [-0.25, -0.2) is 4.39 Å². The van der Waals surface area contributed by atoms with Gasteiger partial charge in [0, 0.05) is 49.3 Å². The average Bonchev–Trinajstić information content (AvgIpc) is 2.63. The smallest absolute Gasteiger partial charge is 0.134 e. The fourth-order valence-electron chi connectivity index (χ4n) is 4.25. The molecule has 1 aliphatic rings. The first-order chi connectivity index (χ1) is 13.2. The largest absolute Gasteiger partial charge is 0.378 e. The Morgan fingerprint density at radius 3 is 2.50 bits per heavy atom. The van der Waals surface area contributed by atoms with Crippen molar-refractivity contribution in [1.29, 1.82) is 0 Å². The predicted molar refractivity (Wildman–Crippen MR) is 119 cm³/mol. The third-order valence-electron chi connectivity index (χ3n) is 5.67. The van der Waals surface area contributed by atoms with Crippen LogP contribution in [-0.2, 0) is 0 Å². The summed E-state index contributed by atoms with van der Waals surface area (Å²) < 4.78 is 14.9. The zero-order valence-electron chi connectivity index (χ0n) is 18.0. The molecule has 0 radical (unpaired) electrons. The van der Waals surface area contributed by atoms with Crippen LogP contribution >= 0.6 is 0 Å². The number of hydrogen-bond acceptors (Lipinski definition) is 3. The molecule has 0 saturated heterocycles. The summed E-state index contributed by atoms with van der Waals surface area (Å²) in [5.74, 6) is 0.184. The second-order valence-electron chi connectivity index (χ2n) is 8.67.